The van der Waals surface area contributed by atoms with Crippen molar-refractivity contribution in [2.24, 2.45) is 0 Å². The standard InChI is InChI=1S/C20H32F2N2O3/c1-4-23(5-2)14-17(25)15-27-18-7-6-16(12-19(18)26-3)13-24-10-8-20(21,22)9-11-24/h6-7,12,17,25H,4-5,8-11,13-15H2,1-3H3/t17-/m0/s1. The van der Waals surface area contributed by atoms with Gasteiger partial charge in [-0.1, -0.05) is 19.9 Å². The molecule has 1 atom stereocenters. The fourth-order valence-electron chi connectivity index (χ4n) is 3.24. The summed E-state index contributed by atoms with van der Waals surface area (Å²) < 4.78 is 37.7. The van der Waals surface area contributed by atoms with E-state index in [0.717, 1.165) is 18.7 Å². The molecule has 1 saturated heterocycles. The number of aliphatic hydroxyl groups excluding tert-OH is 1. The minimum Gasteiger partial charge on any atom is -0.493 e. The summed E-state index contributed by atoms with van der Waals surface area (Å²) in [6.07, 6.45) is -0.754. The Bertz CT molecular complexity index is 572. The molecule has 0 amide bonds. The number of rotatable bonds is 10. The van der Waals surface area contributed by atoms with Crippen LogP contribution in [0, 0.1) is 0 Å². The first-order valence-corrected chi connectivity index (χ1v) is 9.67. The van der Waals surface area contributed by atoms with Crippen LogP contribution in [0.25, 0.3) is 0 Å². The highest BCUT2D eigenvalue weighted by atomic mass is 19.3. The number of benzene rings is 1. The van der Waals surface area contributed by atoms with Crippen molar-refractivity contribution < 1.29 is 23.4 Å². The molecule has 1 heterocycles. The van der Waals surface area contributed by atoms with Gasteiger partial charge in [0.2, 0.25) is 0 Å². The topological polar surface area (TPSA) is 45.2 Å². The zero-order chi connectivity index (χ0) is 19.9. The number of methoxy groups -OCH3 is 1. The smallest absolute Gasteiger partial charge is 0.250 e. The molecule has 5 nitrogen and oxygen atoms in total. The van der Waals surface area contributed by atoms with Gasteiger partial charge in [0.05, 0.1) is 7.11 Å². The molecule has 154 valence electrons. The zero-order valence-electron chi connectivity index (χ0n) is 16.6. The predicted molar refractivity (Wildman–Crippen MR) is 102 cm³/mol. The van der Waals surface area contributed by atoms with Gasteiger partial charge < -0.3 is 19.5 Å². The molecule has 0 aromatic heterocycles. The van der Waals surface area contributed by atoms with Crippen LogP contribution in [0.4, 0.5) is 8.78 Å². The number of likely N-dealkylation sites (N-methyl/N-ethyl adjacent to an activating group) is 1. The van der Waals surface area contributed by atoms with Gasteiger partial charge in [-0.05, 0) is 30.8 Å². The zero-order valence-corrected chi connectivity index (χ0v) is 16.6. The number of hydrogen-bond donors (Lipinski definition) is 1. The number of piperidine rings is 1. The maximum Gasteiger partial charge on any atom is 0.250 e. The summed E-state index contributed by atoms with van der Waals surface area (Å²) >= 11 is 0. The Kier molecular flexibility index (Phi) is 8.26. The number of ether oxygens (including phenoxy) is 2. The molecule has 0 bridgehead atoms. The molecule has 2 rings (SSSR count). The van der Waals surface area contributed by atoms with Crippen LogP contribution in [0.3, 0.4) is 0 Å². The summed E-state index contributed by atoms with van der Waals surface area (Å²) in [7, 11) is 1.57. The van der Waals surface area contributed by atoms with Gasteiger partial charge >= 0.3 is 0 Å². The summed E-state index contributed by atoms with van der Waals surface area (Å²) in [4.78, 5) is 4.16. The Labute approximate surface area is 160 Å². The lowest BCUT2D eigenvalue weighted by Crippen LogP contribution is -2.38. The van der Waals surface area contributed by atoms with E-state index in [1.54, 1.807) is 7.11 Å². The number of aliphatic hydroxyl groups is 1. The Morgan fingerprint density at radius 1 is 1.19 bits per heavy atom. The lowest BCUT2D eigenvalue weighted by molar-refractivity contribution is -0.0566. The normalized spacial score (nSPS) is 18.5. The van der Waals surface area contributed by atoms with Gasteiger partial charge in [-0.2, -0.15) is 0 Å². The molecule has 27 heavy (non-hydrogen) atoms. The third kappa shape index (κ3) is 6.90. The van der Waals surface area contributed by atoms with Crippen molar-refractivity contribution in [3.05, 3.63) is 23.8 Å². The summed E-state index contributed by atoms with van der Waals surface area (Å²) in [5.41, 5.74) is 0.994. The van der Waals surface area contributed by atoms with Crippen LogP contribution in [-0.4, -0.2) is 73.4 Å². The van der Waals surface area contributed by atoms with Crippen LogP contribution in [0.1, 0.15) is 32.3 Å². The highest BCUT2D eigenvalue weighted by Crippen LogP contribution is 2.31. The minimum absolute atomic E-state index is 0.0875. The summed E-state index contributed by atoms with van der Waals surface area (Å²) in [6, 6.07) is 5.61. The minimum atomic E-state index is -2.53. The van der Waals surface area contributed by atoms with E-state index in [4.69, 9.17) is 9.47 Å². The largest absolute Gasteiger partial charge is 0.493 e. The highest BCUT2D eigenvalue weighted by Gasteiger charge is 2.33. The quantitative estimate of drug-likeness (QED) is 0.670. The second-order valence-corrected chi connectivity index (χ2v) is 7.07. The van der Waals surface area contributed by atoms with E-state index < -0.39 is 12.0 Å². The van der Waals surface area contributed by atoms with Crippen molar-refractivity contribution in [2.75, 3.05) is 46.4 Å². The molecule has 1 N–H and O–H groups in total. The molecule has 1 aliphatic heterocycles. The van der Waals surface area contributed by atoms with Crippen molar-refractivity contribution in [1.82, 2.24) is 9.80 Å². The molecule has 0 saturated carbocycles. The molecular formula is C20H32F2N2O3. The van der Waals surface area contributed by atoms with Crippen LogP contribution < -0.4 is 9.47 Å². The highest BCUT2D eigenvalue weighted by molar-refractivity contribution is 5.43. The number of hydrogen-bond acceptors (Lipinski definition) is 5. The first kappa shape index (κ1) is 21.9. The Hall–Kier alpha value is -1.44. The number of halogens is 2. The van der Waals surface area contributed by atoms with E-state index in [1.807, 2.05) is 23.1 Å². The first-order valence-electron chi connectivity index (χ1n) is 9.67. The molecular weight excluding hydrogens is 354 g/mol. The Morgan fingerprint density at radius 2 is 1.85 bits per heavy atom. The number of alkyl halides is 2. The molecule has 1 fully saturated rings. The van der Waals surface area contributed by atoms with Crippen molar-refractivity contribution in [3.63, 3.8) is 0 Å². The molecule has 0 radical (unpaired) electrons. The van der Waals surface area contributed by atoms with E-state index in [9.17, 15) is 13.9 Å². The number of nitrogens with zero attached hydrogens (tertiary/aromatic N) is 2. The van der Waals surface area contributed by atoms with Crippen molar-refractivity contribution in [2.45, 2.75) is 45.3 Å². The second kappa shape index (κ2) is 10.2. The Morgan fingerprint density at radius 3 is 2.44 bits per heavy atom. The van der Waals surface area contributed by atoms with Crippen LogP contribution >= 0.6 is 0 Å². The van der Waals surface area contributed by atoms with Crippen molar-refractivity contribution in [3.8, 4) is 11.5 Å². The van der Waals surface area contributed by atoms with Gasteiger partial charge in [0.25, 0.3) is 5.92 Å². The molecule has 0 aliphatic carbocycles. The molecule has 0 spiro atoms. The van der Waals surface area contributed by atoms with Gasteiger partial charge in [-0.15, -0.1) is 0 Å². The molecule has 1 aliphatic rings. The van der Waals surface area contributed by atoms with Gasteiger partial charge in [-0.25, -0.2) is 8.78 Å². The van der Waals surface area contributed by atoms with Crippen LogP contribution in [-0.2, 0) is 6.54 Å². The average Bonchev–Trinajstić information content (AvgIpc) is 2.66. The molecule has 1 aromatic rings. The van der Waals surface area contributed by atoms with E-state index in [0.29, 0.717) is 37.7 Å². The Balaban J connectivity index is 1.90. The lowest BCUT2D eigenvalue weighted by Gasteiger charge is -2.31. The van der Waals surface area contributed by atoms with E-state index in [-0.39, 0.29) is 19.4 Å². The molecule has 1 aromatic carbocycles. The fourth-order valence-corrected chi connectivity index (χ4v) is 3.24. The number of likely N-dealkylation sites (tertiary alicyclic amines) is 1. The summed E-state index contributed by atoms with van der Waals surface area (Å²) in [5.74, 6) is -1.37. The average molecular weight is 386 g/mol. The van der Waals surface area contributed by atoms with Gasteiger partial charge in [0, 0.05) is 39.0 Å². The van der Waals surface area contributed by atoms with Crippen LogP contribution in [0.5, 0.6) is 11.5 Å². The second-order valence-electron chi connectivity index (χ2n) is 7.07. The van der Waals surface area contributed by atoms with E-state index in [2.05, 4.69) is 18.7 Å². The van der Waals surface area contributed by atoms with Crippen LogP contribution in [0.15, 0.2) is 18.2 Å². The predicted octanol–water partition coefficient (Wildman–Crippen LogP) is 3.01. The summed E-state index contributed by atoms with van der Waals surface area (Å²) in [5, 5.41) is 10.1. The summed E-state index contributed by atoms with van der Waals surface area (Å²) in [6.45, 7) is 8.03. The molecule has 7 heteroatoms. The van der Waals surface area contributed by atoms with Crippen molar-refractivity contribution >= 4 is 0 Å². The third-order valence-corrected chi connectivity index (χ3v) is 5.02. The first-order chi connectivity index (χ1) is 12.9. The molecule has 0 unspecified atom stereocenters. The van der Waals surface area contributed by atoms with E-state index in [1.165, 1.54) is 0 Å². The van der Waals surface area contributed by atoms with Crippen LogP contribution in [0.2, 0.25) is 0 Å². The fraction of sp³-hybridized carbons (Fsp3) is 0.700. The van der Waals surface area contributed by atoms with Gasteiger partial charge in [0.15, 0.2) is 11.5 Å². The maximum atomic E-state index is 13.3. The third-order valence-electron chi connectivity index (χ3n) is 5.02. The van der Waals surface area contributed by atoms with Crippen molar-refractivity contribution in [1.29, 1.82) is 0 Å². The SMILES string of the molecule is CCN(CC)C[C@H](O)COc1ccc(CN2CCC(F)(F)CC2)cc1OC. The van der Waals surface area contributed by atoms with Gasteiger partial charge in [0.1, 0.15) is 12.7 Å². The maximum absolute atomic E-state index is 13.3. The van der Waals surface area contributed by atoms with Gasteiger partial charge in [-0.3, -0.25) is 4.90 Å². The monoisotopic (exact) mass is 386 g/mol. The van der Waals surface area contributed by atoms with E-state index >= 15 is 0 Å². The lowest BCUT2D eigenvalue weighted by atomic mass is 10.1.